The van der Waals surface area contributed by atoms with E-state index >= 15 is 0 Å². The highest BCUT2D eigenvalue weighted by Gasteiger charge is 2.05. The van der Waals surface area contributed by atoms with E-state index in [-0.39, 0.29) is 12.6 Å². The first-order chi connectivity index (χ1) is 9.72. The molecule has 2 aromatic rings. The van der Waals surface area contributed by atoms with E-state index in [1.54, 1.807) is 35.1 Å². The van der Waals surface area contributed by atoms with Gasteiger partial charge in [-0.25, -0.2) is 9.48 Å². The molecule has 1 aromatic heterocycles. The van der Waals surface area contributed by atoms with Crippen molar-refractivity contribution in [2.75, 3.05) is 19.0 Å². The molecule has 106 valence electrons. The van der Waals surface area contributed by atoms with Gasteiger partial charge in [-0.3, -0.25) is 0 Å². The molecule has 0 fully saturated rings. The average molecular weight is 276 g/mol. The number of aromatic nitrogens is 3. The lowest BCUT2D eigenvalue weighted by Gasteiger charge is -2.05. The minimum atomic E-state index is -0.358. The molecule has 1 heterocycles. The first kappa shape index (κ1) is 14.0. The SMILES string of the molecule is COC(=O)c1ccc(NCc2cn(CCO)nn2)cc1. The van der Waals surface area contributed by atoms with E-state index in [9.17, 15) is 4.79 Å². The summed E-state index contributed by atoms with van der Waals surface area (Å²) in [6.45, 7) is 0.981. The zero-order valence-corrected chi connectivity index (χ0v) is 11.1. The minimum absolute atomic E-state index is 0.0330. The van der Waals surface area contributed by atoms with Crippen LogP contribution in [-0.4, -0.2) is 39.8 Å². The van der Waals surface area contributed by atoms with Crippen LogP contribution in [0.4, 0.5) is 5.69 Å². The van der Waals surface area contributed by atoms with E-state index in [2.05, 4.69) is 20.4 Å². The van der Waals surface area contributed by atoms with Crippen LogP contribution >= 0.6 is 0 Å². The fourth-order valence-electron chi connectivity index (χ4n) is 1.67. The molecule has 2 rings (SSSR count). The molecule has 7 nitrogen and oxygen atoms in total. The highest BCUT2D eigenvalue weighted by Crippen LogP contribution is 2.11. The monoisotopic (exact) mass is 276 g/mol. The second kappa shape index (κ2) is 6.67. The summed E-state index contributed by atoms with van der Waals surface area (Å²) in [7, 11) is 1.35. The molecule has 0 amide bonds. The second-order valence-electron chi connectivity index (χ2n) is 4.12. The van der Waals surface area contributed by atoms with Gasteiger partial charge in [-0.05, 0) is 24.3 Å². The number of rotatable bonds is 6. The van der Waals surface area contributed by atoms with Crippen molar-refractivity contribution in [3.63, 3.8) is 0 Å². The molecule has 0 saturated carbocycles. The number of aliphatic hydroxyl groups excluding tert-OH is 1. The Kier molecular flexibility index (Phi) is 4.67. The zero-order valence-electron chi connectivity index (χ0n) is 11.1. The summed E-state index contributed by atoms with van der Waals surface area (Å²) >= 11 is 0. The van der Waals surface area contributed by atoms with Gasteiger partial charge in [-0.15, -0.1) is 5.10 Å². The lowest BCUT2D eigenvalue weighted by Crippen LogP contribution is -2.03. The fourth-order valence-corrected chi connectivity index (χ4v) is 1.67. The molecular weight excluding hydrogens is 260 g/mol. The van der Waals surface area contributed by atoms with Crippen LogP contribution in [0.2, 0.25) is 0 Å². The van der Waals surface area contributed by atoms with Crippen LogP contribution in [0.25, 0.3) is 0 Å². The van der Waals surface area contributed by atoms with Gasteiger partial charge in [0.25, 0.3) is 0 Å². The van der Waals surface area contributed by atoms with Crippen LogP contribution in [0.5, 0.6) is 0 Å². The van der Waals surface area contributed by atoms with Crippen molar-refractivity contribution >= 4 is 11.7 Å². The molecule has 1 aromatic carbocycles. The van der Waals surface area contributed by atoms with E-state index in [0.717, 1.165) is 11.4 Å². The molecule has 0 bridgehead atoms. The topological polar surface area (TPSA) is 89.3 Å². The number of carbonyl (C=O) groups excluding carboxylic acids is 1. The maximum Gasteiger partial charge on any atom is 0.337 e. The van der Waals surface area contributed by atoms with E-state index in [0.29, 0.717) is 18.7 Å². The van der Waals surface area contributed by atoms with Crippen molar-refractivity contribution in [2.24, 2.45) is 0 Å². The Balaban J connectivity index is 1.91. The molecule has 0 spiro atoms. The summed E-state index contributed by atoms with van der Waals surface area (Å²) < 4.78 is 6.21. The lowest BCUT2D eigenvalue weighted by atomic mass is 10.2. The van der Waals surface area contributed by atoms with E-state index in [1.165, 1.54) is 7.11 Å². The number of esters is 1. The number of hydrogen-bond donors (Lipinski definition) is 2. The molecule has 2 N–H and O–H groups in total. The van der Waals surface area contributed by atoms with Gasteiger partial charge < -0.3 is 15.2 Å². The summed E-state index contributed by atoms with van der Waals surface area (Å²) in [4.78, 5) is 11.3. The number of anilines is 1. The third kappa shape index (κ3) is 3.55. The zero-order chi connectivity index (χ0) is 14.4. The molecule has 0 aliphatic heterocycles. The summed E-state index contributed by atoms with van der Waals surface area (Å²) in [5.74, 6) is -0.358. The Morgan fingerprint density at radius 1 is 1.40 bits per heavy atom. The molecule has 0 unspecified atom stereocenters. The van der Waals surface area contributed by atoms with Crippen LogP contribution in [-0.2, 0) is 17.8 Å². The number of carbonyl (C=O) groups is 1. The van der Waals surface area contributed by atoms with Crippen LogP contribution < -0.4 is 5.32 Å². The van der Waals surface area contributed by atoms with Crippen molar-refractivity contribution in [3.05, 3.63) is 41.7 Å². The van der Waals surface area contributed by atoms with Gasteiger partial charge in [0.05, 0.1) is 38.6 Å². The largest absolute Gasteiger partial charge is 0.465 e. The number of nitrogens with one attached hydrogen (secondary N) is 1. The van der Waals surface area contributed by atoms with E-state index < -0.39 is 0 Å². The van der Waals surface area contributed by atoms with Crippen LogP contribution in [0.3, 0.4) is 0 Å². The second-order valence-corrected chi connectivity index (χ2v) is 4.12. The van der Waals surface area contributed by atoms with Gasteiger partial charge in [-0.1, -0.05) is 5.21 Å². The van der Waals surface area contributed by atoms with E-state index in [1.807, 2.05) is 0 Å². The number of aliphatic hydroxyl groups is 1. The molecular formula is C13H16N4O3. The first-order valence-electron chi connectivity index (χ1n) is 6.15. The number of ether oxygens (including phenoxy) is 1. The van der Waals surface area contributed by atoms with Crippen molar-refractivity contribution in [1.29, 1.82) is 0 Å². The minimum Gasteiger partial charge on any atom is -0.465 e. The fraction of sp³-hybridized carbons (Fsp3) is 0.308. The Hall–Kier alpha value is -2.41. The Morgan fingerprint density at radius 3 is 2.80 bits per heavy atom. The van der Waals surface area contributed by atoms with Gasteiger partial charge in [0.1, 0.15) is 5.69 Å². The van der Waals surface area contributed by atoms with Crippen LogP contribution in [0, 0.1) is 0 Å². The molecule has 0 saturated heterocycles. The maximum absolute atomic E-state index is 11.3. The van der Waals surface area contributed by atoms with Crippen molar-refractivity contribution < 1.29 is 14.6 Å². The van der Waals surface area contributed by atoms with Gasteiger partial charge in [0.2, 0.25) is 0 Å². The van der Waals surface area contributed by atoms with Gasteiger partial charge in [-0.2, -0.15) is 0 Å². The third-order valence-electron chi connectivity index (χ3n) is 2.69. The normalized spacial score (nSPS) is 10.3. The van der Waals surface area contributed by atoms with Crippen molar-refractivity contribution in [2.45, 2.75) is 13.1 Å². The molecule has 7 heteroatoms. The summed E-state index contributed by atoms with van der Waals surface area (Å²) in [6.07, 6.45) is 1.77. The highest BCUT2D eigenvalue weighted by molar-refractivity contribution is 5.89. The van der Waals surface area contributed by atoms with Gasteiger partial charge in [0, 0.05) is 5.69 Å². The highest BCUT2D eigenvalue weighted by atomic mass is 16.5. The Labute approximate surface area is 116 Å². The average Bonchev–Trinajstić information content (AvgIpc) is 2.93. The summed E-state index contributed by atoms with van der Waals surface area (Å²) in [6, 6.07) is 6.97. The maximum atomic E-state index is 11.3. The number of methoxy groups -OCH3 is 1. The third-order valence-corrected chi connectivity index (χ3v) is 2.69. The smallest absolute Gasteiger partial charge is 0.337 e. The molecule has 0 radical (unpaired) electrons. The van der Waals surface area contributed by atoms with E-state index in [4.69, 9.17) is 5.11 Å². The first-order valence-corrected chi connectivity index (χ1v) is 6.15. The summed E-state index contributed by atoms with van der Waals surface area (Å²) in [5.41, 5.74) is 2.15. The molecule has 20 heavy (non-hydrogen) atoms. The molecule has 0 aliphatic carbocycles. The Morgan fingerprint density at radius 2 is 2.15 bits per heavy atom. The van der Waals surface area contributed by atoms with Gasteiger partial charge >= 0.3 is 5.97 Å². The molecule has 0 atom stereocenters. The van der Waals surface area contributed by atoms with Crippen LogP contribution in [0.15, 0.2) is 30.5 Å². The standard InChI is InChI=1S/C13H16N4O3/c1-20-13(19)10-2-4-11(5-3-10)14-8-12-9-17(6-7-18)16-15-12/h2-5,9,14,18H,6-8H2,1H3. The molecule has 0 aliphatic rings. The lowest BCUT2D eigenvalue weighted by molar-refractivity contribution is 0.0601. The van der Waals surface area contributed by atoms with Gasteiger partial charge in [0.15, 0.2) is 0 Å². The predicted molar refractivity (Wildman–Crippen MR) is 72.2 cm³/mol. The Bertz CT molecular complexity index is 565. The van der Waals surface area contributed by atoms with Crippen LogP contribution in [0.1, 0.15) is 16.1 Å². The summed E-state index contributed by atoms with van der Waals surface area (Å²) in [5, 5.41) is 19.8. The quantitative estimate of drug-likeness (QED) is 0.754. The number of benzene rings is 1. The predicted octanol–water partition coefficient (Wildman–Crippen LogP) is 0.669. The number of hydrogen-bond acceptors (Lipinski definition) is 6. The van der Waals surface area contributed by atoms with Crippen molar-refractivity contribution in [1.82, 2.24) is 15.0 Å². The van der Waals surface area contributed by atoms with Crippen molar-refractivity contribution in [3.8, 4) is 0 Å². The number of nitrogens with zero attached hydrogens (tertiary/aromatic N) is 3.